The van der Waals surface area contributed by atoms with Gasteiger partial charge >= 0.3 is 5.97 Å². The van der Waals surface area contributed by atoms with Crippen LogP contribution in [0.3, 0.4) is 0 Å². The first-order valence-electron chi connectivity index (χ1n) is 8.80. The maximum Gasteiger partial charge on any atom is 0.338 e. The second-order valence-corrected chi connectivity index (χ2v) is 7.49. The molecule has 0 unspecified atom stereocenters. The molecule has 0 spiro atoms. The molecule has 0 atom stereocenters. The van der Waals surface area contributed by atoms with E-state index in [1.165, 1.54) is 11.3 Å². The van der Waals surface area contributed by atoms with Gasteiger partial charge in [0.15, 0.2) is 6.61 Å². The van der Waals surface area contributed by atoms with Crippen LogP contribution in [0.5, 0.6) is 0 Å². The van der Waals surface area contributed by atoms with Crippen molar-refractivity contribution in [2.24, 2.45) is 0 Å². The quantitative estimate of drug-likeness (QED) is 0.758. The van der Waals surface area contributed by atoms with Crippen molar-refractivity contribution in [3.05, 3.63) is 57.3 Å². The summed E-state index contributed by atoms with van der Waals surface area (Å²) in [5.74, 6) is -0.730. The normalized spacial score (nSPS) is 14.1. The number of hydrogen-bond acceptors (Lipinski definition) is 5. The fourth-order valence-corrected chi connectivity index (χ4v) is 3.66. The molecule has 1 aromatic carbocycles. The number of amides is 2. The summed E-state index contributed by atoms with van der Waals surface area (Å²) in [5, 5.41) is 1.87. The second-order valence-electron chi connectivity index (χ2n) is 6.54. The van der Waals surface area contributed by atoms with Gasteiger partial charge in [0.25, 0.3) is 11.8 Å². The molecule has 1 aliphatic heterocycles. The Kier molecular flexibility index (Phi) is 5.91. The molecule has 1 fully saturated rings. The highest BCUT2D eigenvalue weighted by atomic mass is 32.1. The number of carbonyl (C=O) groups excluding carboxylic acids is 3. The maximum absolute atomic E-state index is 12.3. The Balaban J connectivity index is 1.49. The van der Waals surface area contributed by atoms with Crippen LogP contribution in [0.1, 0.15) is 31.2 Å². The van der Waals surface area contributed by atoms with Gasteiger partial charge < -0.3 is 14.5 Å². The molecule has 2 aromatic rings. The highest BCUT2D eigenvalue weighted by molar-refractivity contribution is 7.12. The molecule has 7 heteroatoms. The van der Waals surface area contributed by atoms with Crippen molar-refractivity contribution < 1.29 is 19.1 Å². The maximum atomic E-state index is 12.3. The first-order chi connectivity index (χ1) is 13.0. The van der Waals surface area contributed by atoms with Crippen LogP contribution in [-0.4, -0.2) is 60.4 Å². The van der Waals surface area contributed by atoms with E-state index in [0.717, 1.165) is 11.1 Å². The lowest BCUT2D eigenvalue weighted by Crippen LogP contribution is -2.51. The first-order valence-corrected chi connectivity index (χ1v) is 9.68. The average Bonchev–Trinajstić information content (AvgIpc) is 3.22. The van der Waals surface area contributed by atoms with E-state index in [1.807, 2.05) is 37.4 Å². The summed E-state index contributed by atoms with van der Waals surface area (Å²) in [6.45, 7) is 5.29. The highest BCUT2D eigenvalue weighted by Gasteiger charge is 2.26. The summed E-state index contributed by atoms with van der Waals surface area (Å²) in [6, 6.07) is 9.20. The van der Waals surface area contributed by atoms with E-state index in [1.54, 1.807) is 21.9 Å². The van der Waals surface area contributed by atoms with Crippen LogP contribution >= 0.6 is 11.3 Å². The van der Waals surface area contributed by atoms with Crippen molar-refractivity contribution in [1.29, 1.82) is 0 Å². The standard InChI is InChI=1S/C20H22N2O4S/c1-14-5-6-15(2)16(12-14)20(25)26-13-18(23)21-7-9-22(10-8-21)19(24)17-4-3-11-27-17/h3-6,11-12H,7-10,13H2,1-2H3. The van der Waals surface area contributed by atoms with E-state index in [0.29, 0.717) is 36.6 Å². The van der Waals surface area contributed by atoms with Crippen LogP contribution in [0.4, 0.5) is 0 Å². The van der Waals surface area contributed by atoms with Gasteiger partial charge in [-0.15, -0.1) is 11.3 Å². The summed E-state index contributed by atoms with van der Waals surface area (Å²) in [4.78, 5) is 41.0. The predicted molar refractivity (Wildman–Crippen MR) is 103 cm³/mol. The summed E-state index contributed by atoms with van der Waals surface area (Å²) in [7, 11) is 0. The molecule has 0 radical (unpaired) electrons. The molecule has 27 heavy (non-hydrogen) atoms. The molecule has 1 aliphatic rings. The van der Waals surface area contributed by atoms with Crippen molar-refractivity contribution in [1.82, 2.24) is 9.80 Å². The number of hydrogen-bond donors (Lipinski definition) is 0. The van der Waals surface area contributed by atoms with Crippen molar-refractivity contribution in [3.8, 4) is 0 Å². The number of nitrogens with zero attached hydrogens (tertiary/aromatic N) is 2. The Morgan fingerprint density at radius 3 is 2.41 bits per heavy atom. The molecule has 6 nitrogen and oxygen atoms in total. The number of rotatable bonds is 4. The number of esters is 1. The van der Waals surface area contributed by atoms with Gasteiger partial charge in [-0.1, -0.05) is 23.8 Å². The van der Waals surface area contributed by atoms with Gasteiger partial charge in [-0.05, 0) is 36.9 Å². The smallest absolute Gasteiger partial charge is 0.338 e. The summed E-state index contributed by atoms with van der Waals surface area (Å²) < 4.78 is 5.20. The van der Waals surface area contributed by atoms with Crippen LogP contribution < -0.4 is 0 Å². The zero-order valence-electron chi connectivity index (χ0n) is 15.4. The third-order valence-corrected chi connectivity index (χ3v) is 5.45. The Hall–Kier alpha value is -2.67. The fraction of sp³-hybridized carbons (Fsp3) is 0.350. The zero-order chi connectivity index (χ0) is 19.4. The van der Waals surface area contributed by atoms with Crippen molar-refractivity contribution in [3.63, 3.8) is 0 Å². The molecular formula is C20H22N2O4S. The van der Waals surface area contributed by atoms with E-state index in [-0.39, 0.29) is 18.4 Å². The molecule has 142 valence electrons. The largest absolute Gasteiger partial charge is 0.452 e. The van der Waals surface area contributed by atoms with Gasteiger partial charge in [0.1, 0.15) is 0 Å². The molecule has 2 heterocycles. The summed E-state index contributed by atoms with van der Waals surface area (Å²) in [5.41, 5.74) is 2.26. The third kappa shape index (κ3) is 4.54. The minimum absolute atomic E-state index is 0.00144. The number of ether oxygens (including phenoxy) is 1. The lowest BCUT2D eigenvalue weighted by molar-refractivity contribution is -0.136. The lowest BCUT2D eigenvalue weighted by Gasteiger charge is -2.34. The zero-order valence-corrected chi connectivity index (χ0v) is 16.3. The van der Waals surface area contributed by atoms with E-state index >= 15 is 0 Å². The van der Waals surface area contributed by atoms with Gasteiger partial charge in [-0.2, -0.15) is 0 Å². The minimum atomic E-state index is -0.490. The van der Waals surface area contributed by atoms with E-state index in [9.17, 15) is 14.4 Å². The Morgan fingerprint density at radius 2 is 1.74 bits per heavy atom. The fourth-order valence-electron chi connectivity index (χ4n) is 2.97. The lowest BCUT2D eigenvalue weighted by atomic mass is 10.1. The molecular weight excluding hydrogens is 364 g/mol. The van der Waals surface area contributed by atoms with Crippen molar-refractivity contribution in [2.75, 3.05) is 32.8 Å². The van der Waals surface area contributed by atoms with Crippen molar-refractivity contribution >= 4 is 29.1 Å². The van der Waals surface area contributed by atoms with E-state index < -0.39 is 5.97 Å². The summed E-state index contributed by atoms with van der Waals surface area (Å²) >= 11 is 1.41. The number of thiophene rings is 1. The number of benzene rings is 1. The SMILES string of the molecule is Cc1ccc(C)c(C(=O)OCC(=O)N2CCN(C(=O)c3cccs3)CC2)c1. The third-order valence-electron chi connectivity index (χ3n) is 4.59. The van der Waals surface area contributed by atoms with Gasteiger partial charge in [0, 0.05) is 26.2 Å². The van der Waals surface area contributed by atoms with Crippen LogP contribution in [0.15, 0.2) is 35.7 Å². The van der Waals surface area contributed by atoms with Crippen LogP contribution in [0, 0.1) is 13.8 Å². The van der Waals surface area contributed by atoms with Gasteiger partial charge in [0.05, 0.1) is 10.4 Å². The molecule has 0 saturated carbocycles. The van der Waals surface area contributed by atoms with Gasteiger partial charge in [-0.25, -0.2) is 4.79 Å². The van der Waals surface area contributed by atoms with E-state index in [4.69, 9.17) is 4.74 Å². The Bertz CT molecular complexity index is 840. The van der Waals surface area contributed by atoms with Crippen LogP contribution in [-0.2, 0) is 9.53 Å². The second kappa shape index (κ2) is 8.35. The topological polar surface area (TPSA) is 66.9 Å². The Morgan fingerprint density at radius 1 is 1.04 bits per heavy atom. The molecule has 0 N–H and O–H groups in total. The predicted octanol–water partition coefficient (Wildman–Crippen LogP) is 2.51. The monoisotopic (exact) mass is 386 g/mol. The van der Waals surface area contributed by atoms with Gasteiger partial charge in [-0.3, -0.25) is 9.59 Å². The Labute approximate surface area is 162 Å². The highest BCUT2D eigenvalue weighted by Crippen LogP contribution is 2.15. The first kappa shape index (κ1) is 19.1. The van der Waals surface area contributed by atoms with Crippen LogP contribution in [0.2, 0.25) is 0 Å². The van der Waals surface area contributed by atoms with Gasteiger partial charge in [0.2, 0.25) is 0 Å². The average molecular weight is 386 g/mol. The minimum Gasteiger partial charge on any atom is -0.452 e. The van der Waals surface area contributed by atoms with E-state index in [2.05, 4.69) is 0 Å². The van der Waals surface area contributed by atoms with Crippen LogP contribution in [0.25, 0.3) is 0 Å². The summed E-state index contributed by atoms with van der Waals surface area (Å²) in [6.07, 6.45) is 0. The molecule has 1 aromatic heterocycles. The molecule has 1 saturated heterocycles. The molecule has 0 aliphatic carbocycles. The van der Waals surface area contributed by atoms with Crippen molar-refractivity contribution in [2.45, 2.75) is 13.8 Å². The molecule has 3 rings (SSSR count). The number of piperazine rings is 1. The number of carbonyl (C=O) groups is 3. The molecule has 0 bridgehead atoms. The molecule has 2 amide bonds. The number of aryl methyl sites for hydroxylation is 2.